The highest BCUT2D eigenvalue weighted by atomic mass is 16.5. The molecule has 3 rings (SSSR count). The van der Waals surface area contributed by atoms with Crippen LogP contribution in [0.25, 0.3) is 0 Å². The van der Waals surface area contributed by atoms with Crippen LogP contribution in [0.5, 0.6) is 5.88 Å². The average molecular weight is 314 g/mol. The van der Waals surface area contributed by atoms with Crippen LogP contribution < -0.4 is 15.8 Å². The maximum absolute atomic E-state index is 5.91. The Morgan fingerprint density at radius 2 is 2.13 bits per heavy atom. The lowest BCUT2D eigenvalue weighted by Gasteiger charge is -2.19. The summed E-state index contributed by atoms with van der Waals surface area (Å²) in [6.07, 6.45) is 2.60. The Morgan fingerprint density at radius 1 is 1.30 bits per heavy atom. The van der Waals surface area contributed by atoms with Gasteiger partial charge in [-0.25, -0.2) is 9.97 Å². The standard InChI is InChI=1S/C17H22N4O2/c1-22-17-14(16(18)20-11-21-17)10-19-9-13-7-8-23-15(13)12-5-3-2-4-6-12/h2-6,11,13,15,19H,7-10H2,1H3,(H2,18,20,21)/t13-,15+/m0/s1. The first-order valence-electron chi connectivity index (χ1n) is 7.80. The summed E-state index contributed by atoms with van der Waals surface area (Å²) in [4.78, 5) is 8.12. The zero-order chi connectivity index (χ0) is 16.1. The maximum Gasteiger partial charge on any atom is 0.222 e. The second-order valence-corrected chi connectivity index (χ2v) is 5.63. The first-order chi connectivity index (χ1) is 11.3. The third-order valence-corrected chi connectivity index (χ3v) is 4.18. The lowest BCUT2D eigenvalue weighted by molar-refractivity contribution is 0.0904. The van der Waals surface area contributed by atoms with Crippen molar-refractivity contribution in [1.82, 2.24) is 15.3 Å². The van der Waals surface area contributed by atoms with Gasteiger partial charge in [0.1, 0.15) is 12.1 Å². The van der Waals surface area contributed by atoms with Gasteiger partial charge < -0.3 is 20.5 Å². The molecule has 23 heavy (non-hydrogen) atoms. The van der Waals surface area contributed by atoms with Crippen LogP contribution >= 0.6 is 0 Å². The van der Waals surface area contributed by atoms with Gasteiger partial charge in [0.2, 0.25) is 5.88 Å². The van der Waals surface area contributed by atoms with Crippen molar-refractivity contribution < 1.29 is 9.47 Å². The molecule has 0 aliphatic carbocycles. The summed E-state index contributed by atoms with van der Waals surface area (Å²) in [6, 6.07) is 10.4. The van der Waals surface area contributed by atoms with Gasteiger partial charge in [-0.15, -0.1) is 0 Å². The summed E-state index contributed by atoms with van der Waals surface area (Å²) in [7, 11) is 1.58. The number of nitrogen functional groups attached to an aromatic ring is 1. The molecule has 2 atom stereocenters. The predicted molar refractivity (Wildman–Crippen MR) is 87.9 cm³/mol. The van der Waals surface area contributed by atoms with Crippen molar-refractivity contribution in [2.45, 2.75) is 19.1 Å². The Hall–Kier alpha value is -2.18. The lowest BCUT2D eigenvalue weighted by Crippen LogP contribution is -2.25. The molecule has 122 valence electrons. The smallest absolute Gasteiger partial charge is 0.222 e. The highest BCUT2D eigenvalue weighted by Crippen LogP contribution is 2.34. The molecular formula is C17H22N4O2. The first kappa shape index (κ1) is 15.7. The molecule has 1 aliphatic heterocycles. The van der Waals surface area contributed by atoms with Gasteiger partial charge in [-0.3, -0.25) is 0 Å². The molecule has 0 radical (unpaired) electrons. The van der Waals surface area contributed by atoms with Crippen molar-refractivity contribution in [1.29, 1.82) is 0 Å². The monoisotopic (exact) mass is 314 g/mol. The van der Waals surface area contributed by atoms with Crippen molar-refractivity contribution in [2.24, 2.45) is 5.92 Å². The van der Waals surface area contributed by atoms with E-state index in [-0.39, 0.29) is 6.10 Å². The number of rotatable bonds is 6. The van der Waals surface area contributed by atoms with Gasteiger partial charge in [0.05, 0.1) is 18.8 Å². The van der Waals surface area contributed by atoms with Gasteiger partial charge in [0.25, 0.3) is 0 Å². The molecule has 0 unspecified atom stereocenters. The number of nitrogens with zero attached hydrogens (tertiary/aromatic N) is 2. The van der Waals surface area contributed by atoms with E-state index in [0.717, 1.165) is 25.1 Å². The van der Waals surface area contributed by atoms with Gasteiger partial charge in [-0.2, -0.15) is 0 Å². The van der Waals surface area contributed by atoms with E-state index >= 15 is 0 Å². The fourth-order valence-corrected chi connectivity index (χ4v) is 2.99. The van der Waals surface area contributed by atoms with Crippen LogP contribution in [-0.2, 0) is 11.3 Å². The minimum absolute atomic E-state index is 0.148. The highest BCUT2D eigenvalue weighted by Gasteiger charge is 2.29. The fraction of sp³-hybridized carbons (Fsp3) is 0.412. The van der Waals surface area contributed by atoms with E-state index < -0.39 is 0 Å². The van der Waals surface area contributed by atoms with Gasteiger partial charge in [0, 0.05) is 25.6 Å². The molecule has 2 aromatic rings. The Bertz CT molecular complexity index is 636. The second-order valence-electron chi connectivity index (χ2n) is 5.63. The third-order valence-electron chi connectivity index (χ3n) is 4.18. The molecule has 6 nitrogen and oxygen atoms in total. The number of methoxy groups -OCH3 is 1. The van der Waals surface area contributed by atoms with Crippen LogP contribution in [0.4, 0.5) is 5.82 Å². The molecular weight excluding hydrogens is 292 g/mol. The van der Waals surface area contributed by atoms with Gasteiger partial charge in [0.15, 0.2) is 0 Å². The quantitative estimate of drug-likeness (QED) is 0.848. The first-order valence-corrected chi connectivity index (χ1v) is 7.80. The summed E-state index contributed by atoms with van der Waals surface area (Å²) < 4.78 is 11.2. The van der Waals surface area contributed by atoms with E-state index in [9.17, 15) is 0 Å². The van der Waals surface area contributed by atoms with Gasteiger partial charge >= 0.3 is 0 Å². The van der Waals surface area contributed by atoms with Gasteiger partial charge in [-0.05, 0) is 12.0 Å². The number of nitrogens with two attached hydrogens (primary N) is 1. The van der Waals surface area contributed by atoms with Crippen LogP contribution in [0.3, 0.4) is 0 Å². The zero-order valence-corrected chi connectivity index (χ0v) is 13.2. The minimum atomic E-state index is 0.148. The number of nitrogens with one attached hydrogen (secondary N) is 1. The Labute approximate surface area is 136 Å². The maximum atomic E-state index is 5.91. The fourth-order valence-electron chi connectivity index (χ4n) is 2.99. The minimum Gasteiger partial charge on any atom is -0.481 e. The molecule has 0 saturated carbocycles. The van der Waals surface area contributed by atoms with Crippen LogP contribution in [0.1, 0.15) is 23.7 Å². The van der Waals surface area contributed by atoms with Crippen molar-refractivity contribution >= 4 is 5.82 Å². The molecule has 3 N–H and O–H groups in total. The van der Waals surface area contributed by atoms with E-state index in [1.807, 2.05) is 18.2 Å². The Kier molecular flexibility index (Phi) is 5.05. The normalized spacial score (nSPS) is 20.6. The van der Waals surface area contributed by atoms with Gasteiger partial charge in [-0.1, -0.05) is 30.3 Å². The molecule has 6 heteroatoms. The van der Waals surface area contributed by atoms with E-state index in [0.29, 0.717) is 24.2 Å². The van der Waals surface area contributed by atoms with Crippen molar-refractivity contribution in [2.75, 3.05) is 26.0 Å². The molecule has 1 fully saturated rings. The zero-order valence-electron chi connectivity index (χ0n) is 13.2. The molecule has 2 heterocycles. The number of anilines is 1. The summed E-state index contributed by atoms with van der Waals surface area (Å²) in [5.74, 6) is 1.41. The number of aromatic nitrogens is 2. The summed E-state index contributed by atoms with van der Waals surface area (Å²) in [6.45, 7) is 2.22. The molecule has 1 aromatic carbocycles. The van der Waals surface area contributed by atoms with Crippen molar-refractivity contribution in [3.63, 3.8) is 0 Å². The number of benzene rings is 1. The average Bonchev–Trinajstić information content (AvgIpc) is 3.05. The van der Waals surface area contributed by atoms with Crippen LogP contribution in [0.15, 0.2) is 36.7 Å². The Morgan fingerprint density at radius 3 is 2.91 bits per heavy atom. The molecule has 1 saturated heterocycles. The molecule has 1 aromatic heterocycles. The second kappa shape index (κ2) is 7.39. The Balaban J connectivity index is 1.60. The highest BCUT2D eigenvalue weighted by molar-refractivity contribution is 5.44. The third kappa shape index (κ3) is 3.60. The summed E-state index contributed by atoms with van der Waals surface area (Å²) in [5.41, 5.74) is 7.94. The number of ether oxygens (including phenoxy) is 2. The van der Waals surface area contributed by atoms with Crippen LogP contribution in [0, 0.1) is 5.92 Å². The predicted octanol–water partition coefficient (Wildman–Crippen LogP) is 1.93. The number of hydrogen-bond donors (Lipinski definition) is 2. The summed E-state index contributed by atoms with van der Waals surface area (Å²) in [5, 5.41) is 3.44. The number of hydrogen-bond acceptors (Lipinski definition) is 6. The summed E-state index contributed by atoms with van der Waals surface area (Å²) >= 11 is 0. The largest absolute Gasteiger partial charge is 0.481 e. The molecule has 0 spiro atoms. The van der Waals surface area contributed by atoms with E-state index in [1.54, 1.807) is 7.11 Å². The SMILES string of the molecule is COc1ncnc(N)c1CNC[C@@H]1CCO[C@@H]1c1ccccc1. The lowest BCUT2D eigenvalue weighted by atomic mass is 9.95. The topological polar surface area (TPSA) is 82.3 Å². The van der Waals surface area contributed by atoms with Crippen molar-refractivity contribution in [3.8, 4) is 5.88 Å². The molecule has 1 aliphatic rings. The van der Waals surface area contributed by atoms with Crippen LogP contribution in [0.2, 0.25) is 0 Å². The molecule has 0 amide bonds. The van der Waals surface area contributed by atoms with Crippen molar-refractivity contribution in [3.05, 3.63) is 47.8 Å². The van der Waals surface area contributed by atoms with E-state index in [4.69, 9.17) is 15.2 Å². The van der Waals surface area contributed by atoms with E-state index in [2.05, 4.69) is 27.4 Å². The molecule has 0 bridgehead atoms. The van der Waals surface area contributed by atoms with E-state index in [1.165, 1.54) is 11.9 Å². The van der Waals surface area contributed by atoms with Crippen LogP contribution in [-0.4, -0.2) is 30.2 Å².